The summed E-state index contributed by atoms with van der Waals surface area (Å²) in [6, 6.07) is 10.2. The zero-order valence-corrected chi connectivity index (χ0v) is 15.4. The molecule has 2 aliphatic heterocycles. The van der Waals surface area contributed by atoms with Gasteiger partial charge in [-0.3, -0.25) is 15.8 Å². The highest BCUT2D eigenvalue weighted by atomic mass is 16.5. The Morgan fingerprint density at radius 1 is 1.32 bits per heavy atom. The van der Waals surface area contributed by atoms with Gasteiger partial charge in [0, 0.05) is 54.0 Å². The first kappa shape index (κ1) is 17.0. The molecule has 6 N–H and O–H groups in total. The van der Waals surface area contributed by atoms with E-state index in [-0.39, 0.29) is 0 Å². The number of aromatic amines is 2. The van der Waals surface area contributed by atoms with Crippen LogP contribution in [-0.4, -0.2) is 40.4 Å². The Hall–Kier alpha value is -3.10. The quantitative estimate of drug-likeness (QED) is 0.467. The first-order valence-electron chi connectivity index (χ1n) is 9.46. The molecule has 0 aliphatic carbocycles. The zero-order valence-electron chi connectivity index (χ0n) is 15.4. The number of H-pyrrole nitrogens is 2. The van der Waals surface area contributed by atoms with Crippen LogP contribution in [-0.2, 0) is 11.2 Å². The standard InChI is InChI=1S/C20H23N7O/c21-20(11-13-2-1-3-16-15(13)4-7-22-16)23-8-5-18(25-20)24-19-10-17(26-27-19)14-6-9-28-12-14/h1-5,7-8,10,14,22,25H,6,9,11-12,21H2,(H2,24,26,27). The second-order valence-electron chi connectivity index (χ2n) is 7.33. The van der Waals surface area contributed by atoms with Crippen molar-refractivity contribution in [1.29, 1.82) is 0 Å². The Kier molecular flexibility index (Phi) is 4.14. The average Bonchev–Trinajstić information content (AvgIpc) is 3.43. The highest BCUT2D eigenvalue weighted by Crippen LogP contribution is 2.26. The molecule has 2 unspecified atom stereocenters. The summed E-state index contributed by atoms with van der Waals surface area (Å²) in [7, 11) is 0. The largest absolute Gasteiger partial charge is 0.381 e. The van der Waals surface area contributed by atoms with Crippen LogP contribution in [0.4, 0.5) is 5.82 Å². The number of ether oxygens (including phenoxy) is 1. The molecular weight excluding hydrogens is 354 g/mol. The molecule has 0 radical (unpaired) electrons. The van der Waals surface area contributed by atoms with E-state index < -0.39 is 5.79 Å². The van der Waals surface area contributed by atoms with Crippen molar-refractivity contribution in [2.45, 2.75) is 24.5 Å². The molecule has 5 rings (SSSR count). The van der Waals surface area contributed by atoms with Gasteiger partial charge in [-0.2, -0.15) is 5.10 Å². The van der Waals surface area contributed by atoms with E-state index in [1.54, 1.807) is 6.21 Å². The van der Waals surface area contributed by atoms with Crippen LogP contribution in [0.3, 0.4) is 0 Å². The van der Waals surface area contributed by atoms with E-state index in [0.717, 1.165) is 53.4 Å². The van der Waals surface area contributed by atoms with E-state index in [0.29, 0.717) is 12.3 Å². The molecule has 8 nitrogen and oxygen atoms in total. The van der Waals surface area contributed by atoms with Crippen molar-refractivity contribution in [3.05, 3.63) is 59.7 Å². The molecule has 144 valence electrons. The molecule has 0 spiro atoms. The number of aliphatic imine (C=N–C) groups is 1. The molecule has 4 heterocycles. The van der Waals surface area contributed by atoms with Crippen LogP contribution in [0.1, 0.15) is 23.6 Å². The molecular formula is C20H23N7O. The Labute approximate surface area is 162 Å². The number of allylic oxidation sites excluding steroid dienone is 1. The van der Waals surface area contributed by atoms with Gasteiger partial charge in [-0.1, -0.05) is 12.1 Å². The minimum absolute atomic E-state index is 0.383. The second-order valence-corrected chi connectivity index (χ2v) is 7.33. The van der Waals surface area contributed by atoms with Gasteiger partial charge in [-0.05, 0) is 30.2 Å². The van der Waals surface area contributed by atoms with E-state index in [2.05, 4.69) is 49.0 Å². The number of nitrogens with zero attached hydrogens (tertiary/aromatic N) is 2. The Bertz CT molecular complexity index is 1040. The van der Waals surface area contributed by atoms with Crippen LogP contribution in [0.15, 0.2) is 53.4 Å². The number of benzene rings is 1. The Balaban J connectivity index is 1.30. The van der Waals surface area contributed by atoms with Gasteiger partial charge >= 0.3 is 0 Å². The summed E-state index contributed by atoms with van der Waals surface area (Å²) in [6.07, 6.45) is 7.10. The molecule has 0 saturated carbocycles. The third-order valence-electron chi connectivity index (χ3n) is 5.27. The maximum Gasteiger partial charge on any atom is 0.187 e. The molecule has 1 aromatic carbocycles. The first-order valence-corrected chi connectivity index (χ1v) is 9.46. The fourth-order valence-corrected chi connectivity index (χ4v) is 3.84. The third-order valence-corrected chi connectivity index (χ3v) is 5.27. The monoisotopic (exact) mass is 377 g/mol. The van der Waals surface area contributed by atoms with Crippen LogP contribution in [0, 0.1) is 0 Å². The normalized spacial score (nSPS) is 24.3. The number of fused-ring (bicyclic) bond motifs is 1. The molecule has 28 heavy (non-hydrogen) atoms. The molecule has 2 atom stereocenters. The Morgan fingerprint density at radius 2 is 2.29 bits per heavy atom. The number of rotatable bonds is 5. The topological polar surface area (TPSA) is 116 Å². The van der Waals surface area contributed by atoms with Gasteiger partial charge < -0.3 is 20.4 Å². The highest BCUT2D eigenvalue weighted by Gasteiger charge is 2.28. The SMILES string of the molecule is NC1(Cc2cccc3[nH]ccc23)N=CC=C(Nc2cc(C3CCOC3)[nH]n2)N1. The number of aromatic nitrogens is 3. The molecule has 1 saturated heterocycles. The van der Waals surface area contributed by atoms with Crippen molar-refractivity contribution < 1.29 is 4.74 Å². The maximum atomic E-state index is 6.55. The lowest BCUT2D eigenvalue weighted by atomic mass is 10.0. The van der Waals surface area contributed by atoms with Gasteiger partial charge in [0.15, 0.2) is 11.6 Å². The number of hydrogen-bond acceptors (Lipinski definition) is 6. The van der Waals surface area contributed by atoms with Crippen molar-refractivity contribution in [3.63, 3.8) is 0 Å². The molecule has 2 aliphatic rings. The van der Waals surface area contributed by atoms with Gasteiger partial charge in [0.25, 0.3) is 0 Å². The molecule has 2 aromatic heterocycles. The predicted molar refractivity (Wildman–Crippen MR) is 109 cm³/mol. The Morgan fingerprint density at radius 3 is 3.18 bits per heavy atom. The fraction of sp³-hybridized carbons (Fsp3) is 0.300. The predicted octanol–water partition coefficient (Wildman–Crippen LogP) is 2.18. The lowest BCUT2D eigenvalue weighted by Gasteiger charge is -2.31. The van der Waals surface area contributed by atoms with Gasteiger partial charge in [0.1, 0.15) is 5.82 Å². The van der Waals surface area contributed by atoms with Crippen molar-refractivity contribution in [2.24, 2.45) is 10.7 Å². The summed E-state index contributed by atoms with van der Waals surface area (Å²) in [5.41, 5.74) is 9.87. The van der Waals surface area contributed by atoms with Crippen LogP contribution in [0.5, 0.6) is 0 Å². The summed E-state index contributed by atoms with van der Waals surface area (Å²) < 4.78 is 5.45. The lowest BCUT2D eigenvalue weighted by molar-refractivity contribution is 0.193. The number of hydrogen-bond donors (Lipinski definition) is 5. The van der Waals surface area contributed by atoms with E-state index in [4.69, 9.17) is 10.5 Å². The van der Waals surface area contributed by atoms with E-state index in [1.807, 2.05) is 24.4 Å². The summed E-state index contributed by atoms with van der Waals surface area (Å²) in [6.45, 7) is 1.55. The molecule has 0 amide bonds. The molecule has 1 fully saturated rings. The highest BCUT2D eigenvalue weighted by molar-refractivity contribution is 5.83. The number of anilines is 1. The average molecular weight is 377 g/mol. The summed E-state index contributed by atoms with van der Waals surface area (Å²) in [4.78, 5) is 7.71. The van der Waals surface area contributed by atoms with Crippen molar-refractivity contribution in [3.8, 4) is 0 Å². The third kappa shape index (κ3) is 3.28. The fourth-order valence-electron chi connectivity index (χ4n) is 3.84. The summed E-state index contributed by atoms with van der Waals surface area (Å²) in [5, 5.41) is 15.2. The minimum atomic E-state index is -0.929. The van der Waals surface area contributed by atoms with Gasteiger partial charge in [0.05, 0.1) is 6.61 Å². The molecule has 3 aromatic rings. The lowest BCUT2D eigenvalue weighted by Crippen LogP contribution is -2.55. The summed E-state index contributed by atoms with van der Waals surface area (Å²) in [5.74, 6) is 0.958. The van der Waals surface area contributed by atoms with E-state index in [9.17, 15) is 0 Å². The van der Waals surface area contributed by atoms with Gasteiger partial charge in [-0.25, -0.2) is 0 Å². The van der Waals surface area contributed by atoms with E-state index >= 15 is 0 Å². The summed E-state index contributed by atoms with van der Waals surface area (Å²) >= 11 is 0. The van der Waals surface area contributed by atoms with Crippen LogP contribution in [0.25, 0.3) is 10.9 Å². The molecule has 0 bridgehead atoms. The first-order chi connectivity index (χ1) is 13.7. The smallest absolute Gasteiger partial charge is 0.187 e. The number of nitrogens with one attached hydrogen (secondary N) is 4. The van der Waals surface area contributed by atoms with Crippen LogP contribution >= 0.6 is 0 Å². The zero-order chi connectivity index (χ0) is 19.0. The minimum Gasteiger partial charge on any atom is -0.381 e. The molecule has 8 heteroatoms. The van der Waals surface area contributed by atoms with Gasteiger partial charge in [-0.15, -0.1) is 0 Å². The maximum absolute atomic E-state index is 6.55. The van der Waals surface area contributed by atoms with Crippen LogP contribution in [0.2, 0.25) is 0 Å². The van der Waals surface area contributed by atoms with E-state index in [1.165, 1.54) is 0 Å². The number of nitrogens with two attached hydrogens (primary N) is 1. The van der Waals surface area contributed by atoms with Gasteiger partial charge in [0.2, 0.25) is 0 Å². The second kappa shape index (κ2) is 6.81. The van der Waals surface area contributed by atoms with Crippen LogP contribution < -0.4 is 16.4 Å². The van der Waals surface area contributed by atoms with Crippen molar-refractivity contribution >= 4 is 22.9 Å². The van der Waals surface area contributed by atoms with Crippen molar-refractivity contribution in [2.75, 3.05) is 18.5 Å². The van der Waals surface area contributed by atoms with Crippen molar-refractivity contribution in [1.82, 2.24) is 20.5 Å².